The Hall–Kier alpha value is -3.27. The SMILES string of the molecule is COc1ccc([C@@H]2NC(=O)N[C@](O)(C(F)(F)F)[C@H]2C(=O)c2ccccc2)cc1OC. The van der Waals surface area contributed by atoms with Gasteiger partial charge >= 0.3 is 12.2 Å². The van der Waals surface area contributed by atoms with Gasteiger partial charge in [0.1, 0.15) is 5.92 Å². The van der Waals surface area contributed by atoms with Crippen molar-refractivity contribution in [2.24, 2.45) is 5.92 Å². The van der Waals surface area contributed by atoms with Crippen molar-refractivity contribution >= 4 is 11.8 Å². The summed E-state index contributed by atoms with van der Waals surface area (Å²) in [7, 11) is 2.72. The lowest BCUT2D eigenvalue weighted by molar-refractivity contribution is -0.287. The van der Waals surface area contributed by atoms with Crippen LogP contribution in [0.2, 0.25) is 0 Å². The van der Waals surface area contributed by atoms with Crippen LogP contribution in [0.15, 0.2) is 48.5 Å². The predicted octanol–water partition coefficient (Wildman–Crippen LogP) is 2.81. The molecule has 3 rings (SSSR count). The zero-order valence-electron chi connectivity index (χ0n) is 16.0. The third kappa shape index (κ3) is 3.65. The monoisotopic (exact) mass is 424 g/mol. The number of methoxy groups -OCH3 is 2. The van der Waals surface area contributed by atoms with Gasteiger partial charge in [-0.2, -0.15) is 13.2 Å². The molecule has 2 amide bonds. The molecule has 0 saturated carbocycles. The second-order valence-electron chi connectivity index (χ2n) is 6.66. The molecule has 0 aromatic heterocycles. The summed E-state index contributed by atoms with van der Waals surface area (Å²) in [6.07, 6.45) is -5.32. The highest BCUT2D eigenvalue weighted by Crippen LogP contribution is 2.45. The Kier molecular flexibility index (Phi) is 5.62. The van der Waals surface area contributed by atoms with E-state index in [-0.39, 0.29) is 16.9 Å². The third-order valence-electron chi connectivity index (χ3n) is 4.91. The van der Waals surface area contributed by atoms with Crippen LogP contribution in [0.4, 0.5) is 18.0 Å². The fourth-order valence-corrected chi connectivity index (χ4v) is 3.45. The number of hydrogen-bond donors (Lipinski definition) is 3. The molecule has 30 heavy (non-hydrogen) atoms. The van der Waals surface area contributed by atoms with Gasteiger partial charge in [0, 0.05) is 5.56 Å². The lowest BCUT2D eigenvalue weighted by Gasteiger charge is -2.45. The first-order chi connectivity index (χ1) is 14.1. The van der Waals surface area contributed by atoms with E-state index < -0.39 is 35.7 Å². The zero-order chi connectivity index (χ0) is 22.1. The fraction of sp³-hybridized carbons (Fsp3) is 0.300. The summed E-state index contributed by atoms with van der Waals surface area (Å²) in [5.41, 5.74) is -3.71. The summed E-state index contributed by atoms with van der Waals surface area (Å²) in [6, 6.07) is 8.63. The smallest absolute Gasteiger partial charge is 0.437 e. The summed E-state index contributed by atoms with van der Waals surface area (Å²) in [4.78, 5) is 25.2. The number of rotatable bonds is 5. The summed E-state index contributed by atoms with van der Waals surface area (Å²) in [5, 5.41) is 14.4. The van der Waals surface area contributed by atoms with E-state index in [2.05, 4.69) is 5.32 Å². The number of alkyl halides is 3. The molecule has 160 valence electrons. The molecular weight excluding hydrogens is 405 g/mol. The number of urea groups is 1. The largest absolute Gasteiger partial charge is 0.493 e. The number of hydrogen-bond acceptors (Lipinski definition) is 5. The molecule has 3 atom stereocenters. The molecule has 0 unspecified atom stereocenters. The van der Waals surface area contributed by atoms with E-state index in [9.17, 15) is 27.9 Å². The Morgan fingerprint density at radius 1 is 1.07 bits per heavy atom. The van der Waals surface area contributed by atoms with Crippen molar-refractivity contribution in [3.05, 3.63) is 59.7 Å². The van der Waals surface area contributed by atoms with E-state index in [1.54, 1.807) is 6.07 Å². The molecule has 0 radical (unpaired) electrons. The van der Waals surface area contributed by atoms with Crippen molar-refractivity contribution in [2.75, 3.05) is 14.2 Å². The van der Waals surface area contributed by atoms with Gasteiger partial charge in [0.05, 0.1) is 20.3 Å². The van der Waals surface area contributed by atoms with Crippen LogP contribution in [0.3, 0.4) is 0 Å². The maximum atomic E-state index is 13.9. The van der Waals surface area contributed by atoms with E-state index in [1.807, 2.05) is 0 Å². The van der Waals surface area contributed by atoms with Crippen LogP contribution in [0.1, 0.15) is 22.0 Å². The number of aliphatic hydroxyl groups is 1. The average molecular weight is 424 g/mol. The Morgan fingerprint density at radius 2 is 1.70 bits per heavy atom. The molecule has 1 saturated heterocycles. The highest BCUT2D eigenvalue weighted by molar-refractivity contribution is 6.00. The first-order valence-electron chi connectivity index (χ1n) is 8.81. The lowest BCUT2D eigenvalue weighted by Crippen LogP contribution is -2.72. The Labute approximate surface area is 169 Å². The minimum atomic E-state index is -5.32. The molecule has 3 N–H and O–H groups in total. The van der Waals surface area contributed by atoms with Gasteiger partial charge in [0.2, 0.25) is 5.72 Å². The summed E-state index contributed by atoms with van der Waals surface area (Å²) in [5.74, 6) is -2.62. The van der Waals surface area contributed by atoms with E-state index in [0.29, 0.717) is 5.75 Å². The van der Waals surface area contributed by atoms with Crippen LogP contribution >= 0.6 is 0 Å². The maximum absolute atomic E-state index is 13.9. The van der Waals surface area contributed by atoms with Crippen molar-refractivity contribution in [1.82, 2.24) is 10.6 Å². The molecule has 2 aromatic rings. The number of benzene rings is 2. The predicted molar refractivity (Wildman–Crippen MR) is 99.2 cm³/mol. The number of halogens is 3. The molecular formula is C20H19F3N2O5. The molecule has 1 heterocycles. The number of carbonyl (C=O) groups is 2. The van der Waals surface area contributed by atoms with Crippen molar-refractivity contribution in [2.45, 2.75) is 17.9 Å². The molecule has 7 nitrogen and oxygen atoms in total. The number of carbonyl (C=O) groups excluding carboxylic acids is 2. The molecule has 2 aromatic carbocycles. The fourth-order valence-electron chi connectivity index (χ4n) is 3.45. The average Bonchev–Trinajstić information content (AvgIpc) is 2.72. The van der Waals surface area contributed by atoms with E-state index in [4.69, 9.17) is 9.47 Å². The second-order valence-corrected chi connectivity index (χ2v) is 6.66. The molecule has 0 aliphatic carbocycles. The van der Waals surface area contributed by atoms with E-state index in [1.165, 1.54) is 62.0 Å². The van der Waals surface area contributed by atoms with Crippen LogP contribution in [-0.4, -0.2) is 43.0 Å². The molecule has 1 fully saturated rings. The van der Waals surface area contributed by atoms with Gasteiger partial charge in [-0.15, -0.1) is 0 Å². The van der Waals surface area contributed by atoms with Gasteiger partial charge in [-0.1, -0.05) is 36.4 Å². The Morgan fingerprint density at radius 3 is 2.27 bits per heavy atom. The quantitative estimate of drug-likeness (QED) is 0.642. The van der Waals surface area contributed by atoms with E-state index in [0.717, 1.165) is 0 Å². The van der Waals surface area contributed by atoms with Crippen LogP contribution in [0.25, 0.3) is 0 Å². The molecule has 1 aliphatic rings. The molecule has 0 spiro atoms. The third-order valence-corrected chi connectivity index (χ3v) is 4.91. The van der Waals surface area contributed by atoms with Crippen LogP contribution in [0, 0.1) is 5.92 Å². The number of ketones is 1. The minimum absolute atomic E-state index is 0.0476. The van der Waals surface area contributed by atoms with Crippen LogP contribution in [-0.2, 0) is 0 Å². The molecule has 0 bridgehead atoms. The number of amides is 2. The normalized spacial score (nSPS) is 23.9. The van der Waals surface area contributed by atoms with Crippen molar-refractivity contribution in [3.8, 4) is 11.5 Å². The molecule has 10 heteroatoms. The summed E-state index contributed by atoms with van der Waals surface area (Å²) < 4.78 is 52.0. The molecule has 1 aliphatic heterocycles. The second kappa shape index (κ2) is 7.86. The number of ether oxygens (including phenoxy) is 2. The first kappa shape index (κ1) is 21.4. The minimum Gasteiger partial charge on any atom is -0.493 e. The van der Waals surface area contributed by atoms with Gasteiger partial charge in [-0.3, -0.25) is 4.79 Å². The van der Waals surface area contributed by atoms with Gasteiger partial charge in [-0.05, 0) is 17.7 Å². The zero-order valence-corrected chi connectivity index (χ0v) is 16.0. The highest BCUT2D eigenvalue weighted by atomic mass is 19.4. The Bertz CT molecular complexity index is 951. The van der Waals surface area contributed by atoms with Gasteiger partial charge < -0.3 is 25.2 Å². The first-order valence-corrected chi connectivity index (χ1v) is 8.81. The van der Waals surface area contributed by atoms with Crippen LogP contribution < -0.4 is 20.1 Å². The number of Topliss-reactive ketones (excluding diaryl/α,β-unsaturated/α-hetero) is 1. The standard InChI is InChI=1S/C20H19F3N2O5/c1-29-13-9-8-12(10-14(13)30-2)16-15(17(26)11-6-4-3-5-7-11)19(28,20(21,22)23)25-18(27)24-16/h3-10,15-16,28H,1-2H3,(H2,24,25,27)/t15-,16+,19-/m1/s1. The van der Waals surface area contributed by atoms with Gasteiger partial charge in [0.15, 0.2) is 17.3 Å². The van der Waals surface area contributed by atoms with E-state index >= 15 is 0 Å². The van der Waals surface area contributed by atoms with Crippen molar-refractivity contribution in [1.29, 1.82) is 0 Å². The van der Waals surface area contributed by atoms with Gasteiger partial charge in [-0.25, -0.2) is 4.79 Å². The number of nitrogens with one attached hydrogen (secondary N) is 2. The summed E-state index contributed by atoms with van der Waals surface area (Å²) >= 11 is 0. The topological polar surface area (TPSA) is 96.9 Å². The summed E-state index contributed by atoms with van der Waals surface area (Å²) in [6.45, 7) is 0. The van der Waals surface area contributed by atoms with Crippen molar-refractivity contribution < 1.29 is 37.3 Å². The van der Waals surface area contributed by atoms with Crippen molar-refractivity contribution in [3.63, 3.8) is 0 Å². The lowest BCUT2D eigenvalue weighted by atomic mass is 9.77. The Balaban J connectivity index is 2.18. The van der Waals surface area contributed by atoms with Crippen LogP contribution in [0.5, 0.6) is 11.5 Å². The van der Waals surface area contributed by atoms with Gasteiger partial charge in [0.25, 0.3) is 0 Å². The highest BCUT2D eigenvalue weighted by Gasteiger charge is 2.66. The maximum Gasteiger partial charge on any atom is 0.437 e.